The van der Waals surface area contributed by atoms with Gasteiger partial charge in [0.1, 0.15) is 12.1 Å². The van der Waals surface area contributed by atoms with Crippen molar-refractivity contribution in [3.05, 3.63) is 65.6 Å². The number of rotatable bonds is 4. The number of hydrogen-bond donors (Lipinski definition) is 2. The van der Waals surface area contributed by atoms with Crippen LogP contribution in [0.4, 0.5) is 5.82 Å². The fourth-order valence-corrected chi connectivity index (χ4v) is 6.75. The summed E-state index contributed by atoms with van der Waals surface area (Å²) in [4.78, 5) is 27.6. The molecular weight excluding hydrogens is 462 g/mol. The summed E-state index contributed by atoms with van der Waals surface area (Å²) in [5, 5.41) is 16.5. The van der Waals surface area contributed by atoms with E-state index in [2.05, 4.69) is 88.3 Å². The van der Waals surface area contributed by atoms with Crippen molar-refractivity contribution in [3.8, 4) is 0 Å². The summed E-state index contributed by atoms with van der Waals surface area (Å²) >= 11 is 0. The van der Waals surface area contributed by atoms with Crippen molar-refractivity contribution in [1.29, 1.82) is 0 Å². The van der Waals surface area contributed by atoms with E-state index in [1.807, 2.05) is 0 Å². The Balaban J connectivity index is 1.27. The molecule has 1 amide bonds. The third-order valence-electron chi connectivity index (χ3n) is 8.65. The minimum atomic E-state index is -0.515. The standard InChI is InChI=1S/C30H37N5O2/c1-19-17-24(36)27-25(19)28(32-18-31-27)34-13-15-35(16-14-34)29(37)26(23-11-12-30(2,3)33-23)22-10-6-8-20-7-4-5-9-21(20)22/h4-10,18-19,23-24,26,33,36H,11-17H2,1-3H3/t19-,23+,24-,26+/m1/s1. The zero-order valence-corrected chi connectivity index (χ0v) is 22.0. The number of benzene rings is 2. The molecule has 0 bridgehead atoms. The zero-order valence-electron chi connectivity index (χ0n) is 22.0. The zero-order chi connectivity index (χ0) is 25.7. The number of carbonyl (C=O) groups is 1. The lowest BCUT2D eigenvalue weighted by molar-refractivity contribution is -0.133. The van der Waals surface area contributed by atoms with Crippen LogP contribution in [0.3, 0.4) is 0 Å². The monoisotopic (exact) mass is 499 g/mol. The predicted molar refractivity (Wildman–Crippen MR) is 146 cm³/mol. The van der Waals surface area contributed by atoms with Gasteiger partial charge in [-0.2, -0.15) is 0 Å². The number of fused-ring (bicyclic) bond motifs is 2. The Labute approximate surface area is 218 Å². The molecular formula is C30H37N5O2. The molecule has 1 aromatic heterocycles. The van der Waals surface area contributed by atoms with Crippen molar-refractivity contribution in [2.75, 3.05) is 31.1 Å². The van der Waals surface area contributed by atoms with E-state index in [0.29, 0.717) is 19.5 Å². The number of aromatic nitrogens is 2. The summed E-state index contributed by atoms with van der Waals surface area (Å²) in [5.74, 6) is 1.14. The minimum absolute atomic E-state index is 0.0289. The van der Waals surface area contributed by atoms with E-state index in [-0.39, 0.29) is 29.3 Å². The first-order valence-corrected chi connectivity index (χ1v) is 13.6. The molecule has 0 spiro atoms. The molecule has 3 heterocycles. The molecule has 2 aromatic carbocycles. The molecule has 194 valence electrons. The lowest BCUT2D eigenvalue weighted by atomic mass is 9.85. The topological polar surface area (TPSA) is 81.6 Å². The molecule has 4 atom stereocenters. The molecule has 2 fully saturated rings. The minimum Gasteiger partial charge on any atom is -0.387 e. The number of piperazine rings is 1. The number of nitrogens with one attached hydrogen (secondary N) is 1. The third kappa shape index (κ3) is 4.38. The van der Waals surface area contributed by atoms with E-state index < -0.39 is 6.10 Å². The predicted octanol–water partition coefficient (Wildman–Crippen LogP) is 4.13. The number of nitrogens with zero attached hydrogens (tertiary/aromatic N) is 4. The fourth-order valence-electron chi connectivity index (χ4n) is 6.75. The molecule has 2 aliphatic heterocycles. The van der Waals surface area contributed by atoms with Crippen LogP contribution in [-0.2, 0) is 4.79 Å². The first-order valence-electron chi connectivity index (χ1n) is 13.6. The van der Waals surface area contributed by atoms with Gasteiger partial charge in [0, 0.05) is 43.3 Å². The Bertz CT molecular complexity index is 1310. The summed E-state index contributed by atoms with van der Waals surface area (Å²) in [5.41, 5.74) is 2.99. The number of anilines is 1. The average Bonchev–Trinajstić information content (AvgIpc) is 3.41. The van der Waals surface area contributed by atoms with Gasteiger partial charge >= 0.3 is 0 Å². The van der Waals surface area contributed by atoms with Crippen LogP contribution in [0.1, 0.15) is 74.8 Å². The van der Waals surface area contributed by atoms with Crippen LogP contribution in [-0.4, -0.2) is 63.6 Å². The summed E-state index contributed by atoms with van der Waals surface area (Å²) < 4.78 is 0. The Morgan fingerprint density at radius 1 is 1.08 bits per heavy atom. The number of aliphatic hydroxyl groups is 1. The molecule has 6 rings (SSSR count). The van der Waals surface area contributed by atoms with Crippen LogP contribution in [0.15, 0.2) is 48.8 Å². The summed E-state index contributed by atoms with van der Waals surface area (Å²) in [6.07, 6.45) is 3.79. The maximum Gasteiger partial charge on any atom is 0.231 e. The van der Waals surface area contributed by atoms with Gasteiger partial charge in [0.25, 0.3) is 0 Å². The second-order valence-electron chi connectivity index (χ2n) is 11.7. The molecule has 0 unspecified atom stereocenters. The first kappa shape index (κ1) is 24.3. The van der Waals surface area contributed by atoms with Crippen LogP contribution >= 0.6 is 0 Å². The van der Waals surface area contributed by atoms with Crippen LogP contribution in [0.25, 0.3) is 10.8 Å². The van der Waals surface area contributed by atoms with Gasteiger partial charge in [0.2, 0.25) is 5.91 Å². The highest BCUT2D eigenvalue weighted by Gasteiger charge is 2.42. The molecule has 2 N–H and O–H groups in total. The molecule has 3 aliphatic rings. The van der Waals surface area contributed by atoms with E-state index in [1.54, 1.807) is 6.33 Å². The van der Waals surface area contributed by atoms with E-state index in [4.69, 9.17) is 0 Å². The highest BCUT2D eigenvalue weighted by molar-refractivity contribution is 5.93. The quantitative estimate of drug-likeness (QED) is 0.562. The maximum atomic E-state index is 14.3. The normalized spacial score (nSPS) is 25.9. The second-order valence-corrected chi connectivity index (χ2v) is 11.7. The van der Waals surface area contributed by atoms with Gasteiger partial charge in [-0.05, 0) is 55.4 Å². The number of hydrogen-bond acceptors (Lipinski definition) is 6. The van der Waals surface area contributed by atoms with Gasteiger partial charge in [0.15, 0.2) is 0 Å². The van der Waals surface area contributed by atoms with Gasteiger partial charge in [-0.25, -0.2) is 9.97 Å². The molecule has 2 saturated heterocycles. The average molecular weight is 500 g/mol. The van der Waals surface area contributed by atoms with Gasteiger partial charge in [-0.3, -0.25) is 4.79 Å². The van der Waals surface area contributed by atoms with Crippen LogP contribution in [0.2, 0.25) is 0 Å². The van der Waals surface area contributed by atoms with Crippen molar-refractivity contribution in [2.24, 2.45) is 0 Å². The molecule has 37 heavy (non-hydrogen) atoms. The Morgan fingerprint density at radius 2 is 1.84 bits per heavy atom. The van der Waals surface area contributed by atoms with Gasteiger partial charge in [0.05, 0.1) is 17.7 Å². The first-order chi connectivity index (χ1) is 17.8. The van der Waals surface area contributed by atoms with Crippen LogP contribution in [0, 0.1) is 0 Å². The highest BCUT2D eigenvalue weighted by Crippen LogP contribution is 2.43. The number of aliphatic hydroxyl groups excluding tert-OH is 1. The van der Waals surface area contributed by atoms with E-state index in [0.717, 1.165) is 54.0 Å². The van der Waals surface area contributed by atoms with Crippen molar-refractivity contribution in [3.63, 3.8) is 0 Å². The van der Waals surface area contributed by atoms with Crippen molar-refractivity contribution < 1.29 is 9.90 Å². The molecule has 0 saturated carbocycles. The fraction of sp³-hybridized carbons (Fsp3) is 0.500. The largest absolute Gasteiger partial charge is 0.387 e. The Morgan fingerprint density at radius 3 is 2.59 bits per heavy atom. The Hall–Kier alpha value is -3.03. The van der Waals surface area contributed by atoms with Gasteiger partial charge in [-0.1, -0.05) is 49.4 Å². The molecule has 1 aliphatic carbocycles. The summed E-state index contributed by atoms with van der Waals surface area (Å²) in [6.45, 7) is 9.36. The molecule has 7 heteroatoms. The van der Waals surface area contributed by atoms with Crippen molar-refractivity contribution >= 4 is 22.5 Å². The van der Waals surface area contributed by atoms with Gasteiger partial charge < -0.3 is 20.2 Å². The molecule has 7 nitrogen and oxygen atoms in total. The third-order valence-corrected chi connectivity index (χ3v) is 8.65. The van der Waals surface area contributed by atoms with E-state index in [1.165, 1.54) is 5.39 Å². The van der Waals surface area contributed by atoms with E-state index >= 15 is 0 Å². The Kier molecular flexibility index (Phi) is 6.16. The van der Waals surface area contributed by atoms with Crippen molar-refractivity contribution in [2.45, 2.75) is 69.6 Å². The molecule has 3 aromatic rings. The molecule has 0 radical (unpaired) electrons. The smallest absolute Gasteiger partial charge is 0.231 e. The lowest BCUT2D eigenvalue weighted by Gasteiger charge is -2.39. The maximum absolute atomic E-state index is 14.3. The van der Waals surface area contributed by atoms with Crippen LogP contribution < -0.4 is 10.2 Å². The van der Waals surface area contributed by atoms with Gasteiger partial charge in [-0.15, -0.1) is 0 Å². The number of carbonyl (C=O) groups excluding carboxylic acids is 1. The van der Waals surface area contributed by atoms with Crippen molar-refractivity contribution in [1.82, 2.24) is 20.2 Å². The summed E-state index contributed by atoms with van der Waals surface area (Å²) in [7, 11) is 0. The van der Waals surface area contributed by atoms with E-state index in [9.17, 15) is 9.90 Å². The highest BCUT2D eigenvalue weighted by atomic mass is 16.3. The number of amides is 1. The SMILES string of the molecule is C[C@@H]1C[C@@H](O)c2ncnc(N3CCN(C(=O)[C@@H](c4cccc5ccccc45)[C@@H]4CCC(C)(C)N4)CC3)c21. The summed E-state index contributed by atoms with van der Waals surface area (Å²) in [6, 6.07) is 14.9. The lowest BCUT2D eigenvalue weighted by Crippen LogP contribution is -2.53. The van der Waals surface area contributed by atoms with Crippen LogP contribution in [0.5, 0.6) is 0 Å². The second kappa shape index (κ2) is 9.37.